The van der Waals surface area contributed by atoms with Crippen molar-refractivity contribution < 1.29 is 24.7 Å². The molecule has 1 aromatic heterocycles. The Morgan fingerprint density at radius 2 is 2.00 bits per heavy atom. The van der Waals surface area contributed by atoms with Crippen LogP contribution in [0, 0.1) is 0 Å². The lowest BCUT2D eigenvalue weighted by atomic mass is 9.75. The van der Waals surface area contributed by atoms with Gasteiger partial charge in [0.1, 0.15) is 0 Å². The first-order chi connectivity index (χ1) is 11.0. The van der Waals surface area contributed by atoms with Crippen molar-refractivity contribution in [3.05, 3.63) is 57.8 Å². The quantitative estimate of drug-likeness (QED) is 0.559. The number of nitrogens with one attached hydrogen (secondary N) is 1. The highest BCUT2D eigenvalue weighted by atomic mass is 32.1. The van der Waals surface area contributed by atoms with Crippen molar-refractivity contribution in [1.29, 1.82) is 0 Å². The maximum atomic E-state index is 12.0. The summed E-state index contributed by atoms with van der Waals surface area (Å²) in [6, 6.07) is 9.81. The van der Waals surface area contributed by atoms with E-state index in [-0.39, 0.29) is 24.3 Å². The van der Waals surface area contributed by atoms with Gasteiger partial charge in [-0.3, -0.25) is 4.79 Å². The fourth-order valence-corrected chi connectivity index (χ4v) is 2.85. The van der Waals surface area contributed by atoms with E-state index in [2.05, 4.69) is 5.32 Å². The Hall–Kier alpha value is -2.16. The Kier molecular flexibility index (Phi) is 5.92. The van der Waals surface area contributed by atoms with E-state index in [1.54, 1.807) is 12.1 Å². The van der Waals surface area contributed by atoms with Crippen LogP contribution in [0.15, 0.2) is 41.8 Å². The summed E-state index contributed by atoms with van der Waals surface area (Å²) < 4.78 is 0. The van der Waals surface area contributed by atoms with Gasteiger partial charge in [-0.15, -0.1) is 11.3 Å². The number of thiophene rings is 1. The van der Waals surface area contributed by atoms with E-state index < -0.39 is 19.0 Å². The molecule has 2 rings (SSSR count). The molecule has 0 aliphatic heterocycles. The Morgan fingerprint density at radius 1 is 1.22 bits per heavy atom. The third-order valence-corrected chi connectivity index (χ3v) is 4.13. The maximum absolute atomic E-state index is 12.0. The van der Waals surface area contributed by atoms with Crippen LogP contribution in [-0.4, -0.2) is 40.1 Å². The van der Waals surface area contributed by atoms with Crippen LogP contribution in [-0.2, 0) is 17.6 Å². The van der Waals surface area contributed by atoms with Crippen LogP contribution in [0.5, 0.6) is 0 Å². The van der Waals surface area contributed by atoms with E-state index in [1.165, 1.54) is 23.5 Å². The monoisotopic (exact) mass is 333 g/mol. The van der Waals surface area contributed by atoms with E-state index in [0.29, 0.717) is 5.56 Å². The molecule has 0 radical (unpaired) electrons. The molecule has 1 unspecified atom stereocenters. The summed E-state index contributed by atoms with van der Waals surface area (Å²) in [4.78, 5) is 23.8. The molecule has 23 heavy (non-hydrogen) atoms. The lowest BCUT2D eigenvalue weighted by Gasteiger charge is -2.18. The molecular weight excluding hydrogens is 317 g/mol. The highest BCUT2D eigenvalue weighted by Gasteiger charge is 2.26. The van der Waals surface area contributed by atoms with Gasteiger partial charge in [0, 0.05) is 4.88 Å². The fourth-order valence-electron chi connectivity index (χ4n) is 2.15. The van der Waals surface area contributed by atoms with Crippen LogP contribution in [0.1, 0.15) is 20.8 Å². The zero-order valence-electron chi connectivity index (χ0n) is 12.2. The Labute approximate surface area is 137 Å². The van der Waals surface area contributed by atoms with Crippen molar-refractivity contribution in [1.82, 2.24) is 5.32 Å². The lowest BCUT2D eigenvalue weighted by Crippen LogP contribution is -2.48. The number of amides is 1. The SMILES string of the molecule is O=C(Cc1cccs1)NC(Cc1cccc(C(=O)O)c1)B(O)O. The van der Waals surface area contributed by atoms with Crippen LogP contribution in [0.2, 0.25) is 0 Å². The summed E-state index contributed by atoms with van der Waals surface area (Å²) in [5.74, 6) is -2.29. The number of rotatable bonds is 7. The van der Waals surface area contributed by atoms with Gasteiger partial charge in [-0.05, 0) is 35.6 Å². The van der Waals surface area contributed by atoms with Gasteiger partial charge in [-0.2, -0.15) is 0 Å². The summed E-state index contributed by atoms with van der Waals surface area (Å²) in [5, 5.41) is 32.3. The molecular formula is C15H16BNO5S. The summed E-state index contributed by atoms with van der Waals surface area (Å²) >= 11 is 1.44. The topological polar surface area (TPSA) is 107 Å². The second-order valence-electron chi connectivity index (χ2n) is 5.05. The molecule has 6 nitrogen and oxygen atoms in total. The molecule has 0 aliphatic carbocycles. The molecule has 1 atom stereocenters. The average molecular weight is 333 g/mol. The van der Waals surface area contributed by atoms with E-state index >= 15 is 0 Å². The molecule has 0 fully saturated rings. The maximum Gasteiger partial charge on any atom is 0.475 e. The molecule has 8 heteroatoms. The zero-order chi connectivity index (χ0) is 16.8. The van der Waals surface area contributed by atoms with Crippen LogP contribution in [0.4, 0.5) is 0 Å². The third-order valence-electron chi connectivity index (χ3n) is 3.25. The molecule has 0 saturated heterocycles. The van der Waals surface area contributed by atoms with E-state index in [9.17, 15) is 19.6 Å². The highest BCUT2D eigenvalue weighted by molar-refractivity contribution is 7.10. The number of carboxylic acids is 1. The first-order valence-corrected chi connectivity index (χ1v) is 7.84. The van der Waals surface area contributed by atoms with Crippen molar-refractivity contribution >= 4 is 30.3 Å². The van der Waals surface area contributed by atoms with Crippen LogP contribution in [0.3, 0.4) is 0 Å². The van der Waals surface area contributed by atoms with Gasteiger partial charge >= 0.3 is 13.1 Å². The third kappa shape index (κ3) is 5.20. The fraction of sp³-hybridized carbons (Fsp3) is 0.200. The minimum Gasteiger partial charge on any atom is -0.478 e. The molecule has 1 amide bonds. The molecule has 1 heterocycles. The number of hydrogen-bond acceptors (Lipinski definition) is 5. The first-order valence-electron chi connectivity index (χ1n) is 6.96. The minimum atomic E-state index is -1.74. The lowest BCUT2D eigenvalue weighted by molar-refractivity contribution is -0.120. The second kappa shape index (κ2) is 7.91. The second-order valence-corrected chi connectivity index (χ2v) is 6.09. The first kappa shape index (κ1) is 17.2. The van der Waals surface area contributed by atoms with Gasteiger partial charge in [0.2, 0.25) is 5.91 Å². The number of carboxylic acid groups (broad SMARTS) is 1. The van der Waals surface area contributed by atoms with Crippen LogP contribution in [0.25, 0.3) is 0 Å². The highest BCUT2D eigenvalue weighted by Crippen LogP contribution is 2.11. The molecule has 2 aromatic rings. The van der Waals surface area contributed by atoms with Gasteiger partial charge in [0.15, 0.2) is 0 Å². The van der Waals surface area contributed by atoms with Gasteiger partial charge in [-0.25, -0.2) is 4.79 Å². The summed E-state index contributed by atoms with van der Waals surface area (Å²) in [6.45, 7) is 0. The molecule has 0 bridgehead atoms. The number of carbonyl (C=O) groups is 2. The van der Waals surface area contributed by atoms with Gasteiger partial charge < -0.3 is 20.5 Å². The Morgan fingerprint density at radius 3 is 2.61 bits per heavy atom. The van der Waals surface area contributed by atoms with Crippen molar-refractivity contribution in [2.75, 3.05) is 0 Å². The van der Waals surface area contributed by atoms with Crippen LogP contribution < -0.4 is 5.32 Å². The Balaban J connectivity index is 2.02. The average Bonchev–Trinajstić information content (AvgIpc) is 2.99. The summed E-state index contributed by atoms with van der Waals surface area (Å²) in [5.41, 5.74) is 0.706. The normalized spacial score (nSPS) is 11.7. The summed E-state index contributed by atoms with van der Waals surface area (Å²) in [7, 11) is -1.74. The minimum absolute atomic E-state index is 0.110. The van der Waals surface area contributed by atoms with Crippen molar-refractivity contribution in [2.24, 2.45) is 0 Å². The molecule has 120 valence electrons. The van der Waals surface area contributed by atoms with Crippen molar-refractivity contribution in [3.8, 4) is 0 Å². The number of carbonyl (C=O) groups excluding carboxylic acids is 1. The molecule has 0 saturated carbocycles. The number of hydrogen-bond donors (Lipinski definition) is 4. The Bertz CT molecular complexity index is 674. The molecule has 1 aromatic carbocycles. The number of aromatic carboxylic acids is 1. The van der Waals surface area contributed by atoms with Crippen molar-refractivity contribution in [2.45, 2.75) is 18.8 Å². The molecule has 0 aliphatic rings. The number of benzene rings is 1. The zero-order valence-corrected chi connectivity index (χ0v) is 13.0. The predicted molar refractivity (Wildman–Crippen MR) is 87.3 cm³/mol. The van der Waals surface area contributed by atoms with E-state index in [0.717, 1.165) is 4.88 Å². The molecule has 0 spiro atoms. The molecule has 4 N–H and O–H groups in total. The standard InChI is InChI=1S/C15H16BNO5S/c18-14(9-12-5-2-6-23-12)17-13(16(21)22)8-10-3-1-4-11(7-10)15(19)20/h1-7,13,21-22H,8-9H2,(H,17,18)(H,19,20). The predicted octanol–water partition coefficient (Wildman–Crippen LogP) is 0.728. The van der Waals surface area contributed by atoms with E-state index in [1.807, 2.05) is 17.5 Å². The van der Waals surface area contributed by atoms with E-state index in [4.69, 9.17) is 5.11 Å². The van der Waals surface area contributed by atoms with Gasteiger partial charge in [0.25, 0.3) is 0 Å². The summed E-state index contributed by atoms with van der Waals surface area (Å²) in [6.07, 6.45) is 0.283. The largest absolute Gasteiger partial charge is 0.478 e. The smallest absolute Gasteiger partial charge is 0.475 e. The van der Waals surface area contributed by atoms with Crippen molar-refractivity contribution in [3.63, 3.8) is 0 Å². The van der Waals surface area contributed by atoms with Gasteiger partial charge in [-0.1, -0.05) is 18.2 Å². The van der Waals surface area contributed by atoms with Crippen LogP contribution >= 0.6 is 11.3 Å². The van der Waals surface area contributed by atoms with Gasteiger partial charge in [0.05, 0.1) is 17.9 Å².